The van der Waals surface area contributed by atoms with Gasteiger partial charge in [0.1, 0.15) is 0 Å². The van der Waals surface area contributed by atoms with Crippen molar-refractivity contribution in [2.75, 3.05) is 60.5 Å². The number of rotatable bonds is 10. The van der Waals surface area contributed by atoms with Crippen molar-refractivity contribution in [1.29, 1.82) is 0 Å². The van der Waals surface area contributed by atoms with Gasteiger partial charge in [0.15, 0.2) is 0 Å². The first-order chi connectivity index (χ1) is 7.97. The van der Waals surface area contributed by atoms with Gasteiger partial charge in [-0.05, 0) is 34.6 Å². The molecule has 0 aliphatic carbocycles. The van der Waals surface area contributed by atoms with Crippen LogP contribution >= 0.6 is 0 Å². The summed E-state index contributed by atoms with van der Waals surface area (Å²) in [4.78, 5) is 4.25. The molecule has 0 rings (SSSR count). The Labute approximate surface area is 106 Å². The van der Waals surface area contributed by atoms with Crippen molar-refractivity contribution in [1.82, 2.24) is 9.80 Å². The maximum atomic E-state index is 9.49. The Balaban J connectivity index is 3.54. The van der Waals surface area contributed by atoms with Crippen LogP contribution in [0.1, 0.15) is 6.92 Å². The molecule has 104 valence electrons. The Morgan fingerprint density at radius 1 is 1.18 bits per heavy atom. The molecule has 0 amide bonds. The van der Waals surface area contributed by atoms with Crippen LogP contribution in [0.2, 0.25) is 0 Å². The van der Waals surface area contributed by atoms with Crippen LogP contribution in [0.15, 0.2) is 0 Å². The lowest BCUT2D eigenvalue weighted by molar-refractivity contribution is 0.0750. The van der Waals surface area contributed by atoms with Crippen molar-refractivity contribution in [3.8, 4) is 0 Å². The highest BCUT2D eigenvalue weighted by atomic mass is 16.5. The average Bonchev–Trinajstić information content (AvgIpc) is 2.24. The molecule has 0 heterocycles. The van der Waals surface area contributed by atoms with E-state index < -0.39 is 0 Å². The summed E-state index contributed by atoms with van der Waals surface area (Å²) < 4.78 is 5.51. The molecule has 2 unspecified atom stereocenters. The van der Waals surface area contributed by atoms with Gasteiger partial charge in [-0.15, -0.1) is 0 Å². The number of aliphatic hydroxyl groups is 1. The molecule has 0 aliphatic heterocycles. The third kappa shape index (κ3) is 9.50. The molecule has 0 saturated carbocycles. The molecule has 0 aromatic heterocycles. The monoisotopic (exact) mass is 247 g/mol. The van der Waals surface area contributed by atoms with E-state index in [0.717, 1.165) is 32.8 Å². The van der Waals surface area contributed by atoms with Crippen LogP contribution in [0.25, 0.3) is 0 Å². The van der Waals surface area contributed by atoms with Crippen LogP contribution in [0.3, 0.4) is 0 Å². The van der Waals surface area contributed by atoms with Gasteiger partial charge >= 0.3 is 0 Å². The van der Waals surface area contributed by atoms with Crippen molar-refractivity contribution in [2.24, 2.45) is 11.7 Å². The smallest absolute Gasteiger partial charge is 0.0593 e. The van der Waals surface area contributed by atoms with Gasteiger partial charge in [0, 0.05) is 25.6 Å². The summed E-state index contributed by atoms with van der Waals surface area (Å²) in [6.07, 6.45) is -0.350. The summed E-state index contributed by atoms with van der Waals surface area (Å²) >= 11 is 0. The lowest BCUT2D eigenvalue weighted by atomic mass is 10.0. The standard InChI is InChI=1S/C12H29N3O2/c1-11(16)12(9-13)10-15(4)6-8-17-7-5-14(2)3/h11-12,16H,5-10,13H2,1-4H3. The second-order valence-electron chi connectivity index (χ2n) is 4.91. The topological polar surface area (TPSA) is 62.0 Å². The first-order valence-electron chi connectivity index (χ1n) is 6.26. The van der Waals surface area contributed by atoms with E-state index in [1.54, 1.807) is 6.92 Å². The SMILES string of the molecule is CC(O)C(CN)CN(C)CCOCCN(C)C. The zero-order valence-electron chi connectivity index (χ0n) is 11.7. The molecule has 0 aromatic carbocycles. The summed E-state index contributed by atoms with van der Waals surface area (Å²) in [6, 6.07) is 0. The van der Waals surface area contributed by atoms with E-state index in [-0.39, 0.29) is 12.0 Å². The summed E-state index contributed by atoms with van der Waals surface area (Å²) in [5, 5.41) is 9.49. The van der Waals surface area contributed by atoms with Crippen LogP contribution in [-0.2, 0) is 4.74 Å². The van der Waals surface area contributed by atoms with E-state index >= 15 is 0 Å². The molecule has 0 radical (unpaired) electrons. The van der Waals surface area contributed by atoms with E-state index in [9.17, 15) is 5.11 Å². The normalized spacial score (nSPS) is 15.5. The van der Waals surface area contributed by atoms with Crippen LogP contribution in [0.5, 0.6) is 0 Å². The van der Waals surface area contributed by atoms with Gasteiger partial charge in [-0.1, -0.05) is 0 Å². The Morgan fingerprint density at radius 3 is 2.24 bits per heavy atom. The first kappa shape index (κ1) is 16.8. The predicted molar refractivity (Wildman–Crippen MR) is 71.1 cm³/mol. The molecular formula is C12H29N3O2. The Morgan fingerprint density at radius 2 is 1.76 bits per heavy atom. The molecule has 0 bridgehead atoms. The lowest BCUT2D eigenvalue weighted by Crippen LogP contribution is -2.37. The minimum absolute atomic E-state index is 0.141. The van der Waals surface area contributed by atoms with Gasteiger partial charge < -0.3 is 25.4 Å². The summed E-state index contributed by atoms with van der Waals surface area (Å²) in [7, 11) is 6.09. The third-order valence-electron chi connectivity index (χ3n) is 2.83. The van der Waals surface area contributed by atoms with Gasteiger partial charge in [-0.25, -0.2) is 0 Å². The average molecular weight is 247 g/mol. The van der Waals surface area contributed by atoms with Crippen LogP contribution in [0.4, 0.5) is 0 Å². The van der Waals surface area contributed by atoms with Crippen molar-refractivity contribution in [3.05, 3.63) is 0 Å². The molecule has 0 saturated heterocycles. The van der Waals surface area contributed by atoms with Crippen LogP contribution in [-0.4, -0.2) is 81.5 Å². The van der Waals surface area contributed by atoms with E-state index in [4.69, 9.17) is 10.5 Å². The fraction of sp³-hybridized carbons (Fsp3) is 1.00. The molecule has 2 atom stereocenters. The molecule has 17 heavy (non-hydrogen) atoms. The fourth-order valence-corrected chi connectivity index (χ4v) is 1.49. The Kier molecular flexibility index (Phi) is 9.68. The highest BCUT2D eigenvalue weighted by Gasteiger charge is 2.14. The molecule has 0 aliphatic rings. The van der Waals surface area contributed by atoms with E-state index in [1.165, 1.54) is 0 Å². The van der Waals surface area contributed by atoms with Gasteiger partial charge in [-0.3, -0.25) is 0 Å². The minimum atomic E-state index is -0.350. The molecule has 5 heteroatoms. The maximum Gasteiger partial charge on any atom is 0.0593 e. The Bertz CT molecular complexity index is 177. The number of nitrogens with zero attached hydrogens (tertiary/aromatic N) is 2. The largest absolute Gasteiger partial charge is 0.393 e. The summed E-state index contributed by atoms with van der Waals surface area (Å²) in [5.74, 6) is 0.141. The summed E-state index contributed by atoms with van der Waals surface area (Å²) in [5.41, 5.74) is 5.61. The molecule has 3 N–H and O–H groups in total. The predicted octanol–water partition coefficient (Wildman–Crippen LogP) is -0.548. The van der Waals surface area contributed by atoms with E-state index in [1.807, 2.05) is 21.1 Å². The van der Waals surface area contributed by atoms with Gasteiger partial charge in [-0.2, -0.15) is 0 Å². The summed E-state index contributed by atoms with van der Waals surface area (Å²) in [6.45, 7) is 6.42. The number of ether oxygens (including phenoxy) is 1. The molecular weight excluding hydrogens is 218 g/mol. The van der Waals surface area contributed by atoms with Crippen LogP contribution < -0.4 is 5.73 Å². The molecule has 5 nitrogen and oxygen atoms in total. The fourth-order valence-electron chi connectivity index (χ4n) is 1.49. The number of nitrogens with two attached hydrogens (primary N) is 1. The molecule has 0 aromatic rings. The highest BCUT2D eigenvalue weighted by Crippen LogP contribution is 2.03. The highest BCUT2D eigenvalue weighted by molar-refractivity contribution is 4.69. The van der Waals surface area contributed by atoms with Gasteiger partial charge in [0.05, 0.1) is 19.3 Å². The number of aliphatic hydroxyl groups excluding tert-OH is 1. The zero-order chi connectivity index (χ0) is 13.3. The van der Waals surface area contributed by atoms with E-state index in [0.29, 0.717) is 6.54 Å². The maximum absolute atomic E-state index is 9.49. The second kappa shape index (κ2) is 9.79. The zero-order valence-corrected chi connectivity index (χ0v) is 11.7. The third-order valence-corrected chi connectivity index (χ3v) is 2.83. The lowest BCUT2D eigenvalue weighted by Gasteiger charge is -2.24. The van der Waals surface area contributed by atoms with Crippen molar-refractivity contribution in [3.63, 3.8) is 0 Å². The molecule has 0 spiro atoms. The second-order valence-corrected chi connectivity index (χ2v) is 4.91. The first-order valence-corrected chi connectivity index (χ1v) is 6.26. The number of hydrogen-bond donors (Lipinski definition) is 2. The quantitative estimate of drug-likeness (QED) is 0.507. The van der Waals surface area contributed by atoms with Crippen LogP contribution in [0, 0.1) is 5.92 Å². The minimum Gasteiger partial charge on any atom is -0.393 e. The van der Waals surface area contributed by atoms with Gasteiger partial charge in [0.2, 0.25) is 0 Å². The van der Waals surface area contributed by atoms with E-state index in [2.05, 4.69) is 9.80 Å². The van der Waals surface area contributed by atoms with Gasteiger partial charge in [0.25, 0.3) is 0 Å². The Hall–Kier alpha value is -0.200. The van der Waals surface area contributed by atoms with Crippen molar-refractivity contribution < 1.29 is 9.84 Å². The number of likely N-dealkylation sites (N-methyl/N-ethyl adjacent to an activating group) is 2. The van der Waals surface area contributed by atoms with Crippen molar-refractivity contribution >= 4 is 0 Å². The van der Waals surface area contributed by atoms with Crippen molar-refractivity contribution in [2.45, 2.75) is 13.0 Å². The molecule has 0 fully saturated rings. The number of hydrogen-bond acceptors (Lipinski definition) is 5.